The largest absolute Gasteiger partial charge is 0.508 e. The molecule has 0 saturated heterocycles. The predicted octanol–water partition coefficient (Wildman–Crippen LogP) is 8.68. The zero-order valence-corrected chi connectivity index (χ0v) is 24.4. The third-order valence-corrected chi connectivity index (χ3v) is 7.17. The van der Waals surface area contributed by atoms with Gasteiger partial charge in [-0.25, -0.2) is 0 Å². The molecule has 3 N–H and O–H groups in total. The van der Waals surface area contributed by atoms with Gasteiger partial charge >= 0.3 is 0 Å². The van der Waals surface area contributed by atoms with Gasteiger partial charge in [0.1, 0.15) is 23.0 Å². The first kappa shape index (κ1) is 29.9. The molecule has 0 radical (unpaired) electrons. The van der Waals surface area contributed by atoms with Crippen molar-refractivity contribution in [1.82, 2.24) is 0 Å². The van der Waals surface area contributed by atoms with E-state index in [1.165, 1.54) is 11.1 Å². The van der Waals surface area contributed by atoms with Crippen LogP contribution in [0.25, 0.3) is 21.5 Å². The Balaban J connectivity index is 0.000000432. The molecular formula is C36H40O5. The molecule has 5 nitrogen and oxygen atoms in total. The van der Waals surface area contributed by atoms with E-state index >= 15 is 0 Å². The number of benzene rings is 5. The summed E-state index contributed by atoms with van der Waals surface area (Å²) >= 11 is 0. The monoisotopic (exact) mass is 552 g/mol. The van der Waals surface area contributed by atoms with Gasteiger partial charge < -0.3 is 24.8 Å². The van der Waals surface area contributed by atoms with Crippen molar-refractivity contribution in [2.45, 2.75) is 46.0 Å². The van der Waals surface area contributed by atoms with Crippen molar-refractivity contribution in [3.8, 4) is 23.0 Å². The lowest BCUT2D eigenvalue weighted by Crippen LogP contribution is -2.13. The summed E-state index contributed by atoms with van der Waals surface area (Å²) in [5.41, 5.74) is 4.73. The Morgan fingerprint density at radius 2 is 1.17 bits per heavy atom. The number of phenolic OH excluding ortho intramolecular Hbond substituents is 2. The molecule has 0 amide bonds. The highest BCUT2D eigenvalue weighted by Gasteiger charge is 2.32. The summed E-state index contributed by atoms with van der Waals surface area (Å²) in [7, 11) is 1.68. The molecule has 5 heteroatoms. The second kappa shape index (κ2) is 14.0. The molecule has 1 aliphatic heterocycles. The summed E-state index contributed by atoms with van der Waals surface area (Å²) in [6.45, 7) is 7.22. The SMILES string of the molecule is CCCO.CCCc1ccc(C2c3c(ccc4cc(O)ccc34)Oc3ccc4cc(O)ccc4c32)cc1.CCOC. The number of aromatic hydroxyl groups is 2. The average Bonchev–Trinajstić information content (AvgIpc) is 3.00. The average molecular weight is 553 g/mol. The van der Waals surface area contributed by atoms with Crippen LogP contribution < -0.4 is 4.74 Å². The first-order chi connectivity index (χ1) is 19.9. The molecule has 0 atom stereocenters. The van der Waals surface area contributed by atoms with Crippen molar-refractivity contribution < 1.29 is 24.8 Å². The Morgan fingerprint density at radius 1 is 0.683 bits per heavy atom. The highest BCUT2D eigenvalue weighted by atomic mass is 16.5. The maximum Gasteiger partial charge on any atom is 0.132 e. The quantitative estimate of drug-likeness (QED) is 0.199. The third-order valence-electron chi connectivity index (χ3n) is 7.17. The van der Waals surface area contributed by atoms with Gasteiger partial charge in [0.25, 0.3) is 0 Å². The maximum atomic E-state index is 10.1. The van der Waals surface area contributed by atoms with E-state index in [2.05, 4.69) is 35.9 Å². The highest BCUT2D eigenvalue weighted by molar-refractivity contribution is 5.95. The van der Waals surface area contributed by atoms with E-state index in [-0.39, 0.29) is 17.4 Å². The summed E-state index contributed by atoms with van der Waals surface area (Å²) in [5.74, 6) is 2.13. The fourth-order valence-corrected chi connectivity index (χ4v) is 5.18. The highest BCUT2D eigenvalue weighted by Crippen LogP contribution is 2.52. The molecule has 0 aromatic heterocycles. The third kappa shape index (κ3) is 6.64. The topological polar surface area (TPSA) is 79.2 Å². The van der Waals surface area contributed by atoms with Crippen LogP contribution in [0.15, 0.2) is 84.9 Å². The van der Waals surface area contributed by atoms with E-state index in [0.717, 1.165) is 70.0 Å². The van der Waals surface area contributed by atoms with Gasteiger partial charge in [0, 0.05) is 37.4 Å². The van der Waals surface area contributed by atoms with Crippen molar-refractivity contribution in [2.75, 3.05) is 20.3 Å². The van der Waals surface area contributed by atoms with E-state index < -0.39 is 0 Å². The lowest BCUT2D eigenvalue weighted by atomic mass is 9.78. The number of fused-ring (bicyclic) bond motifs is 6. The van der Waals surface area contributed by atoms with Crippen molar-refractivity contribution in [3.05, 3.63) is 107 Å². The minimum Gasteiger partial charge on any atom is -0.508 e. The summed E-state index contributed by atoms with van der Waals surface area (Å²) in [6.07, 6.45) is 3.05. The molecule has 1 aliphatic rings. The minimum atomic E-state index is -0.0408. The number of methoxy groups -OCH3 is 1. The van der Waals surface area contributed by atoms with Crippen LogP contribution >= 0.6 is 0 Å². The van der Waals surface area contributed by atoms with Crippen LogP contribution in [0.5, 0.6) is 23.0 Å². The van der Waals surface area contributed by atoms with Gasteiger partial charge in [-0.1, -0.05) is 68.8 Å². The fraction of sp³-hybridized carbons (Fsp3) is 0.278. The molecule has 0 unspecified atom stereocenters. The number of phenols is 2. The molecule has 6 rings (SSSR count). The van der Waals surface area contributed by atoms with Crippen molar-refractivity contribution in [3.63, 3.8) is 0 Å². The molecule has 0 aliphatic carbocycles. The lowest BCUT2D eigenvalue weighted by Gasteiger charge is -2.31. The molecule has 0 saturated carbocycles. The number of aliphatic hydroxyl groups is 1. The van der Waals surface area contributed by atoms with Gasteiger partial charge in [0.15, 0.2) is 0 Å². The fourth-order valence-electron chi connectivity index (χ4n) is 5.18. The Morgan fingerprint density at radius 3 is 1.59 bits per heavy atom. The Bertz CT molecular complexity index is 1490. The Kier molecular flexibility index (Phi) is 10.2. The lowest BCUT2D eigenvalue weighted by molar-refractivity contribution is 0.215. The molecule has 5 aromatic rings. The number of hydrogen-bond donors (Lipinski definition) is 3. The first-order valence-electron chi connectivity index (χ1n) is 14.3. The second-order valence-corrected chi connectivity index (χ2v) is 10.1. The van der Waals surface area contributed by atoms with Gasteiger partial charge in [-0.3, -0.25) is 0 Å². The molecule has 5 aromatic carbocycles. The second-order valence-electron chi connectivity index (χ2n) is 10.1. The summed E-state index contributed by atoms with van der Waals surface area (Å²) in [6, 6.07) is 27.9. The van der Waals surface area contributed by atoms with Crippen LogP contribution in [0.2, 0.25) is 0 Å². The number of rotatable bonds is 5. The molecule has 0 fully saturated rings. The normalized spacial score (nSPS) is 11.9. The van der Waals surface area contributed by atoms with Crippen molar-refractivity contribution >= 4 is 21.5 Å². The predicted molar refractivity (Wildman–Crippen MR) is 168 cm³/mol. The van der Waals surface area contributed by atoms with Crippen LogP contribution in [0, 0.1) is 0 Å². The summed E-state index contributed by atoms with van der Waals surface area (Å²) in [4.78, 5) is 0. The van der Waals surface area contributed by atoms with Crippen LogP contribution in [-0.2, 0) is 11.2 Å². The van der Waals surface area contributed by atoms with Crippen molar-refractivity contribution in [2.24, 2.45) is 0 Å². The number of aryl methyl sites for hydroxylation is 1. The van der Waals surface area contributed by atoms with Crippen LogP contribution in [0.4, 0.5) is 0 Å². The van der Waals surface area contributed by atoms with Gasteiger partial charge in [0.05, 0.1) is 0 Å². The van der Waals surface area contributed by atoms with Crippen LogP contribution in [-0.4, -0.2) is 35.6 Å². The first-order valence-corrected chi connectivity index (χ1v) is 14.3. The van der Waals surface area contributed by atoms with E-state index in [1.807, 2.05) is 50.2 Å². The smallest absolute Gasteiger partial charge is 0.132 e. The minimum absolute atomic E-state index is 0.0408. The van der Waals surface area contributed by atoms with Crippen LogP contribution in [0.3, 0.4) is 0 Å². The summed E-state index contributed by atoms with van der Waals surface area (Å²) in [5, 5.41) is 32.1. The van der Waals surface area contributed by atoms with Gasteiger partial charge in [-0.15, -0.1) is 0 Å². The standard InChI is InChI=1S/C30H24O3.2C3H8O/c1-2-3-18-4-6-19(7-5-18)28-29-24-12-10-22(31)16-20(24)8-14-26(29)33-27-15-9-21-17-23(32)11-13-25(21)30(27)28;1-3-4-2;1-2-3-4/h4-17,28,31-32H,2-3H2,1H3;3H2,1-2H3;4H,2-3H2,1H3. The molecule has 0 bridgehead atoms. The number of ether oxygens (including phenoxy) is 2. The Hall–Kier alpha value is -4.06. The van der Waals surface area contributed by atoms with Gasteiger partial charge in [0.2, 0.25) is 0 Å². The molecular weight excluding hydrogens is 512 g/mol. The number of hydrogen-bond acceptors (Lipinski definition) is 5. The van der Waals surface area contributed by atoms with Crippen molar-refractivity contribution in [1.29, 1.82) is 0 Å². The van der Waals surface area contributed by atoms with Crippen LogP contribution in [0.1, 0.15) is 61.8 Å². The number of aliphatic hydroxyl groups excluding tert-OH is 1. The van der Waals surface area contributed by atoms with Gasteiger partial charge in [-0.2, -0.15) is 0 Å². The van der Waals surface area contributed by atoms with E-state index in [1.54, 1.807) is 31.4 Å². The van der Waals surface area contributed by atoms with E-state index in [4.69, 9.17) is 9.84 Å². The van der Waals surface area contributed by atoms with E-state index in [9.17, 15) is 10.2 Å². The molecule has 0 spiro atoms. The van der Waals surface area contributed by atoms with Gasteiger partial charge in [-0.05, 0) is 88.8 Å². The summed E-state index contributed by atoms with van der Waals surface area (Å²) < 4.78 is 11.0. The molecule has 1 heterocycles. The zero-order chi connectivity index (χ0) is 29.4. The molecule has 214 valence electrons. The molecule has 41 heavy (non-hydrogen) atoms. The van der Waals surface area contributed by atoms with E-state index in [0.29, 0.717) is 6.61 Å². The maximum absolute atomic E-state index is 10.1. The Labute approximate surface area is 242 Å². The zero-order valence-electron chi connectivity index (χ0n) is 24.4.